The van der Waals surface area contributed by atoms with Crippen LogP contribution in [0.3, 0.4) is 0 Å². The van der Waals surface area contributed by atoms with Gasteiger partial charge in [0.1, 0.15) is 4.90 Å². The van der Waals surface area contributed by atoms with Crippen LogP contribution in [-0.4, -0.2) is 42.0 Å². The number of rotatable bonds is 4. The van der Waals surface area contributed by atoms with Gasteiger partial charge in [-0.2, -0.15) is 4.31 Å². The van der Waals surface area contributed by atoms with Gasteiger partial charge < -0.3 is 10.3 Å². The van der Waals surface area contributed by atoms with Crippen LogP contribution >= 0.6 is 0 Å². The molecule has 1 aliphatic heterocycles. The Kier molecular flexibility index (Phi) is 4.39. The Labute approximate surface area is 135 Å². The van der Waals surface area contributed by atoms with Crippen molar-refractivity contribution in [2.24, 2.45) is 11.7 Å². The van der Waals surface area contributed by atoms with Crippen molar-refractivity contribution in [3.05, 3.63) is 18.0 Å². The minimum absolute atomic E-state index is 0.169. The largest absolute Gasteiger partial charge is 0.336 e. The number of piperidine rings is 1. The van der Waals surface area contributed by atoms with Crippen LogP contribution in [0, 0.1) is 5.92 Å². The van der Waals surface area contributed by atoms with Crippen LogP contribution < -0.4 is 5.73 Å². The summed E-state index contributed by atoms with van der Waals surface area (Å²) in [6, 6.07) is 1.44. The van der Waals surface area contributed by atoms with Gasteiger partial charge >= 0.3 is 0 Å². The molecule has 1 fully saturated rings. The van der Waals surface area contributed by atoms with E-state index >= 15 is 0 Å². The van der Waals surface area contributed by atoms with Gasteiger partial charge in [0, 0.05) is 19.1 Å². The number of aryl methyl sites for hydroxylation is 1. The van der Waals surface area contributed by atoms with E-state index in [4.69, 9.17) is 10.3 Å². The second-order valence-electron chi connectivity index (χ2n) is 6.04. The lowest BCUT2D eigenvalue weighted by molar-refractivity contribution is 0.192. The van der Waals surface area contributed by atoms with Crippen LogP contribution in [0.15, 0.2) is 21.7 Å². The molecular weight excluding hydrogens is 316 g/mol. The number of fused-ring (bicyclic) bond motifs is 1. The third-order valence-electron chi connectivity index (χ3n) is 4.63. The monoisotopic (exact) mass is 338 g/mol. The smallest absolute Gasteiger partial charge is 0.258 e. The zero-order valence-electron chi connectivity index (χ0n) is 13.4. The van der Waals surface area contributed by atoms with Gasteiger partial charge in [0.2, 0.25) is 10.0 Å². The van der Waals surface area contributed by atoms with Crippen molar-refractivity contribution in [1.82, 2.24) is 14.4 Å². The second kappa shape index (κ2) is 6.18. The van der Waals surface area contributed by atoms with Gasteiger partial charge in [0.05, 0.1) is 17.3 Å². The Hall–Kier alpha value is -1.51. The molecule has 7 nitrogen and oxygen atoms in total. The first kappa shape index (κ1) is 16.4. The van der Waals surface area contributed by atoms with Crippen molar-refractivity contribution in [3.8, 4) is 0 Å². The number of nitrogens with zero attached hydrogens (tertiary/aromatic N) is 3. The lowest BCUT2D eigenvalue weighted by atomic mass is 9.93. The van der Waals surface area contributed by atoms with E-state index in [9.17, 15) is 8.42 Å². The number of pyridine rings is 1. The van der Waals surface area contributed by atoms with Gasteiger partial charge in [-0.05, 0) is 31.2 Å². The summed E-state index contributed by atoms with van der Waals surface area (Å²) < 4.78 is 32.7. The Morgan fingerprint density at radius 3 is 2.96 bits per heavy atom. The van der Waals surface area contributed by atoms with Crippen molar-refractivity contribution in [3.63, 3.8) is 0 Å². The van der Waals surface area contributed by atoms with E-state index in [-0.39, 0.29) is 16.9 Å². The zero-order chi connectivity index (χ0) is 16.6. The van der Waals surface area contributed by atoms with Gasteiger partial charge in [0.25, 0.3) is 5.71 Å². The van der Waals surface area contributed by atoms with Crippen molar-refractivity contribution in [2.75, 3.05) is 13.1 Å². The molecule has 2 unspecified atom stereocenters. The Morgan fingerprint density at radius 1 is 1.48 bits per heavy atom. The Balaban J connectivity index is 2.04. The molecule has 2 N–H and O–H groups in total. The number of hydrogen-bond donors (Lipinski definition) is 1. The average Bonchev–Trinajstić information content (AvgIpc) is 2.96. The second-order valence-corrected chi connectivity index (χ2v) is 7.94. The predicted molar refractivity (Wildman–Crippen MR) is 86.3 cm³/mol. The number of hydrogen-bond acceptors (Lipinski definition) is 6. The molecule has 0 aliphatic carbocycles. The first-order valence-corrected chi connectivity index (χ1v) is 9.39. The summed E-state index contributed by atoms with van der Waals surface area (Å²) in [6.07, 6.45) is 3.84. The highest BCUT2D eigenvalue weighted by atomic mass is 32.2. The molecule has 126 valence electrons. The summed E-state index contributed by atoms with van der Waals surface area (Å²) in [4.78, 5) is 4.29. The highest BCUT2D eigenvalue weighted by Crippen LogP contribution is 2.30. The molecule has 1 saturated heterocycles. The SMILES string of the molecule is CCc1noc2ncc(S(=O)(=O)N3CCCC(C)C3CN)cc12. The molecule has 0 radical (unpaired) electrons. The highest BCUT2D eigenvalue weighted by Gasteiger charge is 2.36. The highest BCUT2D eigenvalue weighted by molar-refractivity contribution is 7.89. The van der Waals surface area contributed by atoms with E-state index in [1.165, 1.54) is 10.5 Å². The minimum atomic E-state index is -3.63. The van der Waals surface area contributed by atoms with E-state index in [0.717, 1.165) is 12.8 Å². The maximum atomic E-state index is 13.0. The zero-order valence-corrected chi connectivity index (χ0v) is 14.2. The van der Waals surface area contributed by atoms with Crippen LogP contribution in [0.4, 0.5) is 0 Å². The maximum Gasteiger partial charge on any atom is 0.258 e. The molecule has 23 heavy (non-hydrogen) atoms. The molecule has 2 atom stereocenters. The van der Waals surface area contributed by atoms with Gasteiger partial charge in [-0.25, -0.2) is 13.4 Å². The molecule has 0 bridgehead atoms. The standard InChI is InChI=1S/C15H22N4O3S/c1-3-13-12-7-11(9-17-15(12)22-18-13)23(20,21)19-6-4-5-10(2)14(19)8-16/h7,9-10,14H,3-6,8,16H2,1-2H3. The molecular formula is C15H22N4O3S. The fraction of sp³-hybridized carbons (Fsp3) is 0.600. The van der Waals surface area contributed by atoms with Crippen LogP contribution in [0.2, 0.25) is 0 Å². The van der Waals surface area contributed by atoms with Gasteiger partial charge in [-0.1, -0.05) is 19.0 Å². The molecule has 8 heteroatoms. The number of aromatic nitrogens is 2. The molecule has 0 amide bonds. The lowest BCUT2D eigenvalue weighted by Gasteiger charge is -2.38. The Morgan fingerprint density at radius 2 is 2.26 bits per heavy atom. The lowest BCUT2D eigenvalue weighted by Crippen LogP contribution is -2.51. The first-order valence-electron chi connectivity index (χ1n) is 7.95. The van der Waals surface area contributed by atoms with Crippen molar-refractivity contribution < 1.29 is 12.9 Å². The minimum Gasteiger partial charge on any atom is -0.336 e. The third kappa shape index (κ3) is 2.75. The molecule has 1 aliphatic rings. The van der Waals surface area contributed by atoms with E-state index in [1.54, 1.807) is 6.07 Å². The van der Waals surface area contributed by atoms with Gasteiger partial charge in [0.15, 0.2) is 0 Å². The summed E-state index contributed by atoms with van der Waals surface area (Å²) in [5.74, 6) is 0.252. The van der Waals surface area contributed by atoms with Crippen molar-refractivity contribution >= 4 is 21.1 Å². The Bertz CT molecular complexity index is 802. The normalized spacial score (nSPS) is 23.4. The van der Waals surface area contributed by atoms with Crippen LogP contribution in [0.25, 0.3) is 11.1 Å². The summed E-state index contributed by atoms with van der Waals surface area (Å²) in [7, 11) is -3.63. The number of sulfonamides is 1. The van der Waals surface area contributed by atoms with Crippen molar-refractivity contribution in [2.45, 2.75) is 44.0 Å². The summed E-state index contributed by atoms with van der Waals surface area (Å²) in [6.45, 7) is 4.81. The summed E-state index contributed by atoms with van der Waals surface area (Å²) in [5.41, 5.74) is 6.91. The maximum absolute atomic E-state index is 13.0. The van der Waals surface area contributed by atoms with E-state index in [0.29, 0.717) is 36.3 Å². The van der Waals surface area contributed by atoms with E-state index in [2.05, 4.69) is 17.1 Å². The molecule has 3 rings (SSSR count). The van der Waals surface area contributed by atoms with Crippen LogP contribution in [0.1, 0.15) is 32.4 Å². The number of nitrogens with two attached hydrogens (primary N) is 1. The molecule has 0 aromatic carbocycles. The molecule has 2 aromatic heterocycles. The van der Waals surface area contributed by atoms with Gasteiger partial charge in [-0.15, -0.1) is 0 Å². The topological polar surface area (TPSA) is 102 Å². The van der Waals surface area contributed by atoms with Crippen LogP contribution in [0.5, 0.6) is 0 Å². The molecule has 3 heterocycles. The molecule has 2 aromatic rings. The predicted octanol–water partition coefficient (Wildman–Crippen LogP) is 1.53. The third-order valence-corrected chi connectivity index (χ3v) is 6.52. The summed E-state index contributed by atoms with van der Waals surface area (Å²) >= 11 is 0. The van der Waals surface area contributed by atoms with Crippen molar-refractivity contribution in [1.29, 1.82) is 0 Å². The van der Waals surface area contributed by atoms with E-state index < -0.39 is 10.0 Å². The average molecular weight is 338 g/mol. The molecule has 0 saturated carbocycles. The first-order chi connectivity index (χ1) is 11.0. The molecule has 0 spiro atoms. The fourth-order valence-electron chi connectivity index (χ4n) is 3.25. The van der Waals surface area contributed by atoms with E-state index in [1.807, 2.05) is 6.92 Å². The van der Waals surface area contributed by atoms with Crippen LogP contribution in [-0.2, 0) is 16.4 Å². The van der Waals surface area contributed by atoms with Gasteiger partial charge in [-0.3, -0.25) is 0 Å². The quantitative estimate of drug-likeness (QED) is 0.907. The fourth-order valence-corrected chi connectivity index (χ4v) is 4.99. The summed E-state index contributed by atoms with van der Waals surface area (Å²) in [5, 5.41) is 4.58.